The van der Waals surface area contributed by atoms with Gasteiger partial charge in [0.1, 0.15) is 6.07 Å². The summed E-state index contributed by atoms with van der Waals surface area (Å²) in [4.78, 5) is 7.02. The summed E-state index contributed by atoms with van der Waals surface area (Å²) in [5.74, 6) is 2.43. The predicted molar refractivity (Wildman–Crippen MR) is 126 cm³/mol. The van der Waals surface area contributed by atoms with E-state index in [9.17, 15) is 5.26 Å². The fourth-order valence-corrected chi connectivity index (χ4v) is 5.11. The Morgan fingerprint density at radius 3 is 2.59 bits per heavy atom. The van der Waals surface area contributed by atoms with Crippen molar-refractivity contribution in [3.05, 3.63) is 47.5 Å². The highest BCUT2D eigenvalue weighted by molar-refractivity contribution is 5.46. The molecule has 1 atom stereocenters. The highest BCUT2D eigenvalue weighted by Crippen LogP contribution is 2.38. The summed E-state index contributed by atoms with van der Waals surface area (Å²) >= 11 is 0. The molecule has 2 fully saturated rings. The standard InChI is InChI=1S/C26H36N4O2/c1-2-3-7-20-10-12-22(13-11-20)25-29-23(18-27)26(32-25)28-19-24(21-8-5-4-6-9-21)30-14-16-31-17-15-30/h4-6,8-9,20,22,24,28H,2-3,7,10-17,19H2,1H3. The van der Waals surface area contributed by atoms with Crippen molar-refractivity contribution in [3.8, 4) is 6.07 Å². The minimum Gasteiger partial charge on any atom is -0.424 e. The molecule has 2 heterocycles. The Bertz CT molecular complexity index is 862. The fraction of sp³-hybridized carbons (Fsp3) is 0.615. The van der Waals surface area contributed by atoms with Crippen molar-refractivity contribution in [1.29, 1.82) is 5.26 Å². The van der Waals surface area contributed by atoms with Crippen LogP contribution < -0.4 is 5.32 Å². The smallest absolute Gasteiger partial charge is 0.232 e. The number of nitrogens with zero attached hydrogens (tertiary/aromatic N) is 3. The van der Waals surface area contributed by atoms with Gasteiger partial charge in [0.2, 0.25) is 17.5 Å². The van der Waals surface area contributed by atoms with Gasteiger partial charge in [-0.25, -0.2) is 4.98 Å². The molecule has 1 aromatic heterocycles. The van der Waals surface area contributed by atoms with Crippen LogP contribution in [0.15, 0.2) is 34.7 Å². The normalized spacial score (nSPS) is 22.9. The van der Waals surface area contributed by atoms with Crippen LogP contribution in [0.5, 0.6) is 0 Å². The second-order valence-corrected chi connectivity index (χ2v) is 9.16. The van der Waals surface area contributed by atoms with Crippen molar-refractivity contribution in [2.75, 3.05) is 38.2 Å². The van der Waals surface area contributed by atoms with Gasteiger partial charge in [-0.15, -0.1) is 0 Å². The maximum absolute atomic E-state index is 9.66. The number of unbranched alkanes of at least 4 members (excludes halogenated alkanes) is 1. The number of oxazole rings is 1. The Hall–Kier alpha value is -2.36. The molecule has 2 aromatic rings. The molecule has 1 N–H and O–H groups in total. The zero-order chi connectivity index (χ0) is 22.2. The highest BCUT2D eigenvalue weighted by Gasteiger charge is 2.28. The Kier molecular flexibility index (Phi) is 8.19. The van der Waals surface area contributed by atoms with Crippen LogP contribution >= 0.6 is 0 Å². The number of hydrogen-bond acceptors (Lipinski definition) is 6. The van der Waals surface area contributed by atoms with Gasteiger partial charge in [0.25, 0.3) is 0 Å². The van der Waals surface area contributed by atoms with E-state index in [1.165, 1.54) is 37.7 Å². The van der Waals surface area contributed by atoms with Crippen LogP contribution in [0, 0.1) is 17.2 Å². The van der Waals surface area contributed by atoms with Gasteiger partial charge >= 0.3 is 0 Å². The molecule has 32 heavy (non-hydrogen) atoms. The second kappa shape index (κ2) is 11.5. The average Bonchev–Trinajstić information content (AvgIpc) is 3.28. The first-order valence-corrected chi connectivity index (χ1v) is 12.3. The molecule has 0 amide bonds. The zero-order valence-electron chi connectivity index (χ0n) is 19.3. The first-order valence-electron chi connectivity index (χ1n) is 12.3. The molecule has 172 valence electrons. The number of nitriles is 1. The first-order chi connectivity index (χ1) is 15.8. The van der Waals surface area contributed by atoms with E-state index >= 15 is 0 Å². The second-order valence-electron chi connectivity index (χ2n) is 9.16. The van der Waals surface area contributed by atoms with Crippen molar-refractivity contribution in [2.24, 2.45) is 5.92 Å². The topological polar surface area (TPSA) is 74.3 Å². The molecule has 1 saturated heterocycles. The molecule has 2 aliphatic rings. The lowest BCUT2D eigenvalue weighted by molar-refractivity contribution is 0.0186. The Labute approximate surface area is 192 Å². The van der Waals surface area contributed by atoms with Crippen LogP contribution in [-0.2, 0) is 4.74 Å². The SMILES string of the molecule is CCCCC1CCC(c2nc(C#N)c(NCC(c3ccccc3)N3CCOCC3)o2)CC1. The van der Waals surface area contributed by atoms with Gasteiger partial charge in [0.15, 0.2) is 0 Å². The number of benzene rings is 1. The van der Waals surface area contributed by atoms with Crippen LogP contribution in [0.4, 0.5) is 5.88 Å². The van der Waals surface area contributed by atoms with E-state index in [0.717, 1.165) is 51.0 Å². The molecule has 0 radical (unpaired) electrons. The summed E-state index contributed by atoms with van der Waals surface area (Å²) in [5.41, 5.74) is 1.63. The van der Waals surface area contributed by atoms with Crippen LogP contribution in [0.3, 0.4) is 0 Å². The minimum absolute atomic E-state index is 0.189. The number of ether oxygens (including phenoxy) is 1. The molecule has 1 aliphatic heterocycles. The van der Waals surface area contributed by atoms with E-state index < -0.39 is 0 Å². The lowest BCUT2D eigenvalue weighted by atomic mass is 9.80. The van der Waals surface area contributed by atoms with Gasteiger partial charge in [-0.3, -0.25) is 4.90 Å². The molecule has 6 nitrogen and oxygen atoms in total. The Morgan fingerprint density at radius 2 is 1.91 bits per heavy atom. The molecule has 4 rings (SSSR count). The maximum atomic E-state index is 9.66. The van der Waals surface area contributed by atoms with Crippen LogP contribution in [-0.4, -0.2) is 42.7 Å². The number of hydrogen-bond donors (Lipinski definition) is 1. The van der Waals surface area contributed by atoms with E-state index in [0.29, 0.717) is 24.0 Å². The molecular formula is C26H36N4O2. The molecule has 1 unspecified atom stereocenters. The molecule has 1 aliphatic carbocycles. The number of anilines is 1. The van der Waals surface area contributed by atoms with E-state index in [1.54, 1.807) is 0 Å². The van der Waals surface area contributed by atoms with Gasteiger partial charge in [-0.2, -0.15) is 5.26 Å². The molecule has 0 spiro atoms. The molecule has 1 saturated carbocycles. The van der Waals surface area contributed by atoms with Crippen LogP contribution in [0.2, 0.25) is 0 Å². The van der Waals surface area contributed by atoms with E-state index in [1.807, 2.05) is 6.07 Å². The third-order valence-corrected chi connectivity index (χ3v) is 7.04. The monoisotopic (exact) mass is 436 g/mol. The third-order valence-electron chi connectivity index (χ3n) is 7.04. The van der Waals surface area contributed by atoms with Crippen molar-refractivity contribution in [2.45, 2.75) is 63.8 Å². The number of aromatic nitrogens is 1. The van der Waals surface area contributed by atoms with Crippen LogP contribution in [0.1, 0.15) is 81.0 Å². The first kappa shape index (κ1) is 22.8. The van der Waals surface area contributed by atoms with Crippen molar-refractivity contribution in [3.63, 3.8) is 0 Å². The lowest BCUT2D eigenvalue weighted by Crippen LogP contribution is -2.41. The maximum Gasteiger partial charge on any atom is 0.232 e. The quantitative estimate of drug-likeness (QED) is 0.560. The number of nitrogens with one attached hydrogen (secondary N) is 1. The molecule has 1 aromatic carbocycles. The van der Waals surface area contributed by atoms with Crippen molar-refractivity contribution >= 4 is 5.88 Å². The summed E-state index contributed by atoms with van der Waals surface area (Å²) in [6, 6.07) is 12.9. The number of rotatable bonds is 9. The summed E-state index contributed by atoms with van der Waals surface area (Å²) in [5, 5.41) is 13.1. The van der Waals surface area contributed by atoms with Gasteiger partial charge in [0, 0.05) is 25.6 Å². The summed E-state index contributed by atoms with van der Waals surface area (Å²) < 4.78 is 11.7. The Balaban J connectivity index is 1.42. The average molecular weight is 437 g/mol. The molecular weight excluding hydrogens is 400 g/mol. The highest BCUT2D eigenvalue weighted by atomic mass is 16.5. The Morgan fingerprint density at radius 1 is 1.16 bits per heavy atom. The van der Waals surface area contributed by atoms with Crippen molar-refractivity contribution in [1.82, 2.24) is 9.88 Å². The van der Waals surface area contributed by atoms with Crippen LogP contribution in [0.25, 0.3) is 0 Å². The van der Waals surface area contributed by atoms with Gasteiger partial charge in [0.05, 0.1) is 19.3 Å². The van der Waals surface area contributed by atoms with Gasteiger partial charge in [-0.1, -0.05) is 56.5 Å². The fourth-order valence-electron chi connectivity index (χ4n) is 5.11. The van der Waals surface area contributed by atoms with E-state index in [-0.39, 0.29) is 6.04 Å². The van der Waals surface area contributed by atoms with E-state index in [2.05, 4.69) is 52.5 Å². The predicted octanol–water partition coefficient (Wildman–Crippen LogP) is 5.50. The van der Waals surface area contributed by atoms with E-state index in [4.69, 9.17) is 9.15 Å². The largest absolute Gasteiger partial charge is 0.424 e. The van der Waals surface area contributed by atoms with Gasteiger partial charge in [-0.05, 0) is 37.2 Å². The van der Waals surface area contributed by atoms with Gasteiger partial charge < -0.3 is 14.5 Å². The summed E-state index contributed by atoms with van der Waals surface area (Å²) in [6.45, 7) is 6.22. The molecule has 6 heteroatoms. The van der Waals surface area contributed by atoms with Crippen molar-refractivity contribution < 1.29 is 9.15 Å². The third kappa shape index (κ3) is 5.70. The zero-order valence-corrected chi connectivity index (χ0v) is 19.3. The minimum atomic E-state index is 0.189. The lowest BCUT2D eigenvalue weighted by Gasteiger charge is -2.34. The summed E-state index contributed by atoms with van der Waals surface area (Å²) in [6.07, 6.45) is 8.64. The number of morpholine rings is 1. The summed E-state index contributed by atoms with van der Waals surface area (Å²) in [7, 11) is 0. The molecule has 0 bridgehead atoms.